The summed E-state index contributed by atoms with van der Waals surface area (Å²) in [6.07, 6.45) is 1.55. The summed E-state index contributed by atoms with van der Waals surface area (Å²) in [7, 11) is 2.92. The van der Waals surface area contributed by atoms with Gasteiger partial charge in [-0.05, 0) is 12.1 Å². The second kappa shape index (κ2) is 8.08. The average Bonchev–Trinajstić information content (AvgIpc) is 3.00. The van der Waals surface area contributed by atoms with E-state index in [2.05, 4.69) is 10.1 Å². The Morgan fingerprint density at radius 2 is 2.14 bits per heavy atom. The molecule has 1 unspecified atom stereocenters. The molecular weight excluding hydrogens is 276 g/mol. The molecular formula is C14H20N2O5. The number of nitrogens with one attached hydrogen (secondary N) is 1. The average molecular weight is 296 g/mol. The van der Waals surface area contributed by atoms with E-state index in [0.717, 1.165) is 0 Å². The predicted octanol–water partition coefficient (Wildman–Crippen LogP) is 0.667. The van der Waals surface area contributed by atoms with E-state index < -0.39 is 0 Å². The van der Waals surface area contributed by atoms with Crippen molar-refractivity contribution in [3.8, 4) is 0 Å². The summed E-state index contributed by atoms with van der Waals surface area (Å²) in [5, 5.41) is 2.59. The van der Waals surface area contributed by atoms with Gasteiger partial charge in [0.05, 0.1) is 19.3 Å². The van der Waals surface area contributed by atoms with E-state index in [-0.39, 0.29) is 49.0 Å². The summed E-state index contributed by atoms with van der Waals surface area (Å²) >= 11 is 0. The molecule has 1 N–H and O–H groups in total. The Bertz CT molecular complexity index is 484. The Morgan fingerprint density at radius 3 is 2.71 bits per heavy atom. The van der Waals surface area contributed by atoms with Crippen molar-refractivity contribution in [2.75, 3.05) is 27.2 Å². The Labute approximate surface area is 123 Å². The van der Waals surface area contributed by atoms with Crippen molar-refractivity contribution in [2.45, 2.75) is 13.3 Å². The van der Waals surface area contributed by atoms with Gasteiger partial charge in [-0.2, -0.15) is 0 Å². The van der Waals surface area contributed by atoms with Crippen LogP contribution in [0.25, 0.3) is 0 Å². The number of carbonyl (C=O) groups is 3. The van der Waals surface area contributed by atoms with Gasteiger partial charge in [-0.1, -0.05) is 6.92 Å². The summed E-state index contributed by atoms with van der Waals surface area (Å²) in [6, 6.07) is 3.16. The van der Waals surface area contributed by atoms with Gasteiger partial charge in [0.1, 0.15) is 0 Å². The fourth-order valence-electron chi connectivity index (χ4n) is 1.76. The quantitative estimate of drug-likeness (QED) is 0.747. The van der Waals surface area contributed by atoms with Gasteiger partial charge < -0.3 is 19.4 Å². The molecule has 1 heterocycles. The van der Waals surface area contributed by atoms with E-state index in [1.54, 1.807) is 26.1 Å². The molecule has 1 aromatic heterocycles. The maximum Gasteiger partial charge on any atom is 0.310 e. The third kappa shape index (κ3) is 5.29. The molecule has 116 valence electrons. The lowest BCUT2D eigenvalue weighted by Gasteiger charge is -2.20. The van der Waals surface area contributed by atoms with Gasteiger partial charge in [-0.3, -0.25) is 14.4 Å². The first-order valence-corrected chi connectivity index (χ1v) is 6.59. The minimum atomic E-state index is -0.387. The first-order valence-electron chi connectivity index (χ1n) is 6.59. The SMILES string of the molecule is COC(=O)C(C)CN(C)C(=O)CCNC(=O)c1ccco1. The van der Waals surface area contributed by atoms with E-state index in [0.29, 0.717) is 0 Å². The second-order valence-corrected chi connectivity index (χ2v) is 4.68. The van der Waals surface area contributed by atoms with Crippen LogP contribution in [0, 0.1) is 5.92 Å². The number of rotatable bonds is 7. The van der Waals surface area contributed by atoms with Crippen LogP contribution in [0.3, 0.4) is 0 Å². The largest absolute Gasteiger partial charge is 0.469 e. The van der Waals surface area contributed by atoms with Crippen molar-refractivity contribution in [1.29, 1.82) is 0 Å². The number of nitrogens with zero attached hydrogens (tertiary/aromatic N) is 1. The van der Waals surface area contributed by atoms with Crippen molar-refractivity contribution >= 4 is 17.8 Å². The first kappa shape index (κ1) is 16.7. The number of methoxy groups -OCH3 is 1. The van der Waals surface area contributed by atoms with Crippen LogP contribution in [-0.4, -0.2) is 49.9 Å². The molecule has 0 bridgehead atoms. The Morgan fingerprint density at radius 1 is 1.43 bits per heavy atom. The highest BCUT2D eigenvalue weighted by Crippen LogP contribution is 2.03. The zero-order valence-corrected chi connectivity index (χ0v) is 12.4. The van der Waals surface area contributed by atoms with Gasteiger partial charge in [-0.15, -0.1) is 0 Å². The zero-order chi connectivity index (χ0) is 15.8. The highest BCUT2D eigenvalue weighted by Gasteiger charge is 2.18. The van der Waals surface area contributed by atoms with Crippen molar-refractivity contribution < 1.29 is 23.5 Å². The molecule has 1 rings (SSSR count). The molecule has 7 nitrogen and oxygen atoms in total. The molecule has 7 heteroatoms. The molecule has 2 amide bonds. The third-order valence-electron chi connectivity index (χ3n) is 2.95. The highest BCUT2D eigenvalue weighted by molar-refractivity contribution is 5.91. The molecule has 1 aromatic rings. The van der Waals surface area contributed by atoms with E-state index in [4.69, 9.17) is 4.42 Å². The predicted molar refractivity (Wildman–Crippen MR) is 74.5 cm³/mol. The van der Waals surface area contributed by atoms with Gasteiger partial charge in [0.25, 0.3) is 5.91 Å². The number of hydrogen-bond donors (Lipinski definition) is 1. The van der Waals surface area contributed by atoms with E-state index in [9.17, 15) is 14.4 Å². The van der Waals surface area contributed by atoms with Crippen molar-refractivity contribution in [3.05, 3.63) is 24.2 Å². The monoisotopic (exact) mass is 296 g/mol. The van der Waals surface area contributed by atoms with Gasteiger partial charge in [-0.25, -0.2) is 0 Å². The van der Waals surface area contributed by atoms with Crippen LogP contribution >= 0.6 is 0 Å². The van der Waals surface area contributed by atoms with Gasteiger partial charge in [0.15, 0.2) is 5.76 Å². The van der Waals surface area contributed by atoms with Crippen LogP contribution in [0.4, 0.5) is 0 Å². The third-order valence-corrected chi connectivity index (χ3v) is 2.95. The summed E-state index contributed by atoms with van der Waals surface area (Å²) in [6.45, 7) is 2.17. The molecule has 1 atom stereocenters. The number of amides is 2. The lowest BCUT2D eigenvalue weighted by atomic mass is 10.1. The normalized spacial score (nSPS) is 11.6. The molecule has 0 aromatic carbocycles. The maximum absolute atomic E-state index is 11.9. The van der Waals surface area contributed by atoms with Crippen LogP contribution in [0.15, 0.2) is 22.8 Å². The smallest absolute Gasteiger partial charge is 0.310 e. The lowest BCUT2D eigenvalue weighted by Crippen LogP contribution is -2.36. The standard InChI is InChI=1S/C14H20N2O5/c1-10(14(19)20-3)9-16(2)12(17)6-7-15-13(18)11-5-4-8-21-11/h4-5,8,10H,6-7,9H2,1-3H3,(H,15,18). The summed E-state index contributed by atoms with van der Waals surface area (Å²) in [5.41, 5.74) is 0. The van der Waals surface area contributed by atoms with Gasteiger partial charge in [0.2, 0.25) is 5.91 Å². The second-order valence-electron chi connectivity index (χ2n) is 4.68. The van der Waals surface area contributed by atoms with Crippen LogP contribution in [0.5, 0.6) is 0 Å². The minimum Gasteiger partial charge on any atom is -0.469 e. The molecule has 0 radical (unpaired) electrons. The van der Waals surface area contributed by atoms with Crippen LogP contribution in [0.1, 0.15) is 23.9 Å². The van der Waals surface area contributed by atoms with Gasteiger partial charge >= 0.3 is 5.97 Å². The molecule has 0 spiro atoms. The first-order chi connectivity index (χ1) is 9.95. The number of ether oxygens (including phenoxy) is 1. The fourth-order valence-corrected chi connectivity index (χ4v) is 1.76. The maximum atomic E-state index is 11.9. The molecule has 0 saturated heterocycles. The van der Waals surface area contributed by atoms with E-state index >= 15 is 0 Å². The summed E-state index contributed by atoms with van der Waals surface area (Å²) < 4.78 is 9.54. The Hall–Kier alpha value is -2.31. The summed E-state index contributed by atoms with van der Waals surface area (Å²) in [4.78, 5) is 36.2. The Balaban J connectivity index is 2.30. The highest BCUT2D eigenvalue weighted by atomic mass is 16.5. The Kier molecular flexibility index (Phi) is 6.45. The zero-order valence-electron chi connectivity index (χ0n) is 12.4. The fraction of sp³-hybridized carbons (Fsp3) is 0.500. The summed E-state index contributed by atoms with van der Waals surface area (Å²) in [5.74, 6) is -1.07. The molecule has 0 aliphatic carbocycles. The number of carbonyl (C=O) groups excluding carboxylic acids is 3. The van der Waals surface area contributed by atoms with E-state index in [1.807, 2.05) is 0 Å². The molecule has 0 aliphatic heterocycles. The van der Waals surface area contributed by atoms with Crippen LogP contribution in [0.2, 0.25) is 0 Å². The minimum absolute atomic E-state index is 0.150. The van der Waals surface area contributed by atoms with Crippen molar-refractivity contribution in [3.63, 3.8) is 0 Å². The van der Waals surface area contributed by atoms with E-state index in [1.165, 1.54) is 18.3 Å². The van der Waals surface area contributed by atoms with Crippen LogP contribution < -0.4 is 5.32 Å². The van der Waals surface area contributed by atoms with Gasteiger partial charge in [0, 0.05) is 26.6 Å². The molecule has 0 fully saturated rings. The molecule has 0 aliphatic rings. The van der Waals surface area contributed by atoms with Crippen molar-refractivity contribution in [2.24, 2.45) is 5.92 Å². The molecule has 0 saturated carbocycles. The van der Waals surface area contributed by atoms with Crippen LogP contribution in [-0.2, 0) is 14.3 Å². The topological polar surface area (TPSA) is 88.9 Å². The molecule has 21 heavy (non-hydrogen) atoms. The lowest BCUT2D eigenvalue weighted by molar-refractivity contribution is -0.146. The number of furan rings is 1. The number of esters is 1. The number of hydrogen-bond acceptors (Lipinski definition) is 5. The van der Waals surface area contributed by atoms with Crippen molar-refractivity contribution in [1.82, 2.24) is 10.2 Å².